The number of pyridine rings is 1. The van der Waals surface area contributed by atoms with Crippen LogP contribution in [0.25, 0.3) is 22.7 Å². The van der Waals surface area contributed by atoms with Crippen LogP contribution in [-0.2, 0) is 19.1 Å². The van der Waals surface area contributed by atoms with Crippen LogP contribution >= 0.6 is 0 Å². The van der Waals surface area contributed by atoms with E-state index in [0.29, 0.717) is 17.1 Å². The Morgan fingerprint density at radius 3 is 2.36 bits per heavy atom. The summed E-state index contributed by atoms with van der Waals surface area (Å²) in [6.07, 6.45) is -5.50. The van der Waals surface area contributed by atoms with E-state index >= 15 is 0 Å². The highest BCUT2D eigenvalue weighted by atomic mass is 19.4. The molecule has 0 bridgehead atoms. The lowest BCUT2D eigenvalue weighted by Gasteiger charge is -2.21. The minimum Gasteiger partial charge on any atom is -0.475 e. The predicted molar refractivity (Wildman–Crippen MR) is 123 cm³/mol. The number of aliphatic carboxylic acids is 1. The highest BCUT2D eigenvalue weighted by molar-refractivity contribution is 5.91. The third-order valence-corrected chi connectivity index (χ3v) is 5.11. The van der Waals surface area contributed by atoms with Gasteiger partial charge in [0.25, 0.3) is 12.2 Å². The average molecular weight is 555 g/mol. The maximum absolute atomic E-state index is 14.9. The molecule has 1 aromatic carbocycles. The first-order chi connectivity index (χ1) is 18.2. The molecular weight excluding hydrogens is 534 g/mol. The standard InChI is InChI=1S/C21H20FN5O5.C2HF3O2/c1-10(23)19(28)31-20-11(2)27(21(29)32-20)14-5-6-15(16(22)8-14)13-4-7-17(24-9-13)18-26-25-12(3)30-18;3-2(4,5)1(6)7/h4-11,20H,23H2,1-3H3;(H,6,7)/t10-,11+,20?;/m0./s1. The van der Waals surface area contributed by atoms with Crippen LogP contribution in [0.15, 0.2) is 40.9 Å². The molecule has 1 fully saturated rings. The summed E-state index contributed by atoms with van der Waals surface area (Å²) in [4.78, 5) is 38.4. The Balaban J connectivity index is 0.000000532. The Hall–Kier alpha value is -4.60. The molecule has 3 heterocycles. The summed E-state index contributed by atoms with van der Waals surface area (Å²) >= 11 is 0. The third kappa shape index (κ3) is 6.84. The summed E-state index contributed by atoms with van der Waals surface area (Å²) in [5, 5.41) is 14.8. The van der Waals surface area contributed by atoms with Crippen molar-refractivity contribution in [3.8, 4) is 22.7 Å². The number of ether oxygens (including phenoxy) is 2. The largest absolute Gasteiger partial charge is 0.490 e. The van der Waals surface area contributed by atoms with Gasteiger partial charge in [0.2, 0.25) is 5.89 Å². The molecule has 0 radical (unpaired) electrons. The topological polar surface area (TPSA) is 171 Å². The zero-order valence-corrected chi connectivity index (χ0v) is 20.5. The van der Waals surface area contributed by atoms with Crippen LogP contribution in [0.4, 0.5) is 28.0 Å². The molecular formula is C23H21F4N5O7. The predicted octanol–water partition coefficient (Wildman–Crippen LogP) is 3.44. The molecule has 0 aliphatic carbocycles. The molecule has 1 unspecified atom stereocenters. The molecule has 3 N–H and O–H groups in total. The Kier molecular flexibility index (Phi) is 8.48. The second-order valence-electron chi connectivity index (χ2n) is 8.11. The summed E-state index contributed by atoms with van der Waals surface area (Å²) in [7, 11) is 0. The van der Waals surface area contributed by atoms with Crippen molar-refractivity contribution in [1.29, 1.82) is 0 Å². The number of alkyl halides is 3. The molecule has 1 saturated heterocycles. The number of nitrogens with zero attached hydrogens (tertiary/aromatic N) is 4. The van der Waals surface area contributed by atoms with E-state index < -0.39 is 48.4 Å². The lowest BCUT2D eigenvalue weighted by molar-refractivity contribution is -0.192. The van der Waals surface area contributed by atoms with E-state index in [2.05, 4.69) is 15.2 Å². The molecule has 4 rings (SSSR count). The van der Waals surface area contributed by atoms with Gasteiger partial charge in [-0.2, -0.15) is 13.2 Å². The second kappa shape index (κ2) is 11.4. The van der Waals surface area contributed by atoms with Gasteiger partial charge in [0.1, 0.15) is 23.6 Å². The minimum atomic E-state index is -5.08. The lowest BCUT2D eigenvalue weighted by atomic mass is 10.1. The van der Waals surface area contributed by atoms with Gasteiger partial charge in [-0.05, 0) is 38.1 Å². The first kappa shape index (κ1) is 29.0. The maximum Gasteiger partial charge on any atom is 0.490 e. The van der Waals surface area contributed by atoms with Gasteiger partial charge in [-0.1, -0.05) is 6.07 Å². The Labute approximate surface area is 217 Å². The SMILES string of the molecule is Cc1nnc(-c2ccc(-c3ccc(N4C(=O)OC(OC(=O)[C@H](C)N)[C@H]4C)cc3F)cn2)o1.O=C(O)C(F)(F)F. The van der Waals surface area contributed by atoms with Crippen molar-refractivity contribution in [2.24, 2.45) is 5.73 Å². The smallest absolute Gasteiger partial charge is 0.475 e. The van der Waals surface area contributed by atoms with Crippen molar-refractivity contribution in [3.05, 3.63) is 48.2 Å². The number of carbonyl (C=O) groups excluding carboxylic acids is 2. The van der Waals surface area contributed by atoms with E-state index in [-0.39, 0.29) is 17.1 Å². The molecule has 0 spiro atoms. The molecule has 208 valence electrons. The molecule has 1 aliphatic rings. The molecule has 1 aliphatic heterocycles. The van der Waals surface area contributed by atoms with E-state index in [4.69, 9.17) is 29.5 Å². The number of aryl methyl sites for hydroxylation is 1. The van der Waals surface area contributed by atoms with Crippen molar-refractivity contribution < 1.29 is 50.9 Å². The third-order valence-electron chi connectivity index (χ3n) is 5.11. The quantitative estimate of drug-likeness (QED) is 0.349. The summed E-state index contributed by atoms with van der Waals surface area (Å²) in [6.45, 7) is 4.75. The summed E-state index contributed by atoms with van der Waals surface area (Å²) in [5.41, 5.74) is 7.01. The Morgan fingerprint density at radius 2 is 1.87 bits per heavy atom. The molecule has 2 aromatic heterocycles. The maximum atomic E-state index is 14.9. The van der Waals surface area contributed by atoms with Crippen molar-refractivity contribution in [2.45, 2.75) is 45.3 Å². The van der Waals surface area contributed by atoms with Crippen molar-refractivity contribution in [2.75, 3.05) is 4.90 Å². The summed E-state index contributed by atoms with van der Waals surface area (Å²) in [5.74, 6) is -3.35. The second-order valence-corrected chi connectivity index (χ2v) is 8.11. The van der Waals surface area contributed by atoms with Crippen molar-refractivity contribution in [3.63, 3.8) is 0 Å². The van der Waals surface area contributed by atoms with Crippen LogP contribution in [0.3, 0.4) is 0 Å². The zero-order chi connectivity index (χ0) is 29.1. The number of cyclic esters (lactones) is 1. The number of carboxylic acid groups (broad SMARTS) is 1. The highest BCUT2D eigenvalue weighted by Crippen LogP contribution is 2.32. The molecule has 12 nitrogen and oxygen atoms in total. The number of aromatic nitrogens is 3. The summed E-state index contributed by atoms with van der Waals surface area (Å²) < 4.78 is 62.2. The van der Waals surface area contributed by atoms with Gasteiger partial charge in [-0.3, -0.25) is 14.7 Å². The van der Waals surface area contributed by atoms with Gasteiger partial charge < -0.3 is 24.7 Å². The Morgan fingerprint density at radius 1 is 1.21 bits per heavy atom. The number of esters is 1. The van der Waals surface area contributed by atoms with Crippen LogP contribution in [0.1, 0.15) is 19.7 Å². The van der Waals surface area contributed by atoms with Crippen molar-refractivity contribution >= 4 is 23.7 Å². The minimum absolute atomic E-state index is 0.258. The fraction of sp³-hybridized carbons (Fsp3) is 0.304. The number of halogens is 4. The number of rotatable bonds is 5. The number of carbonyl (C=O) groups is 3. The zero-order valence-electron chi connectivity index (χ0n) is 20.5. The molecule has 3 atom stereocenters. The fourth-order valence-corrected chi connectivity index (χ4v) is 3.20. The number of amides is 1. The molecule has 0 saturated carbocycles. The van der Waals surface area contributed by atoms with Gasteiger partial charge >= 0.3 is 24.2 Å². The monoisotopic (exact) mass is 555 g/mol. The van der Waals surface area contributed by atoms with E-state index in [1.807, 2.05) is 0 Å². The number of anilines is 1. The highest BCUT2D eigenvalue weighted by Gasteiger charge is 2.43. The number of benzene rings is 1. The van der Waals surface area contributed by atoms with E-state index in [1.54, 1.807) is 32.0 Å². The average Bonchev–Trinajstić information content (AvgIpc) is 3.41. The summed E-state index contributed by atoms with van der Waals surface area (Å²) in [6, 6.07) is 6.09. The normalized spacial score (nSPS) is 17.6. The van der Waals surface area contributed by atoms with Gasteiger partial charge in [0, 0.05) is 24.2 Å². The van der Waals surface area contributed by atoms with Crippen LogP contribution < -0.4 is 10.6 Å². The van der Waals surface area contributed by atoms with Gasteiger partial charge in [-0.15, -0.1) is 10.2 Å². The van der Waals surface area contributed by atoms with Crippen LogP contribution in [0.2, 0.25) is 0 Å². The molecule has 39 heavy (non-hydrogen) atoms. The lowest BCUT2D eigenvalue weighted by Crippen LogP contribution is -2.39. The van der Waals surface area contributed by atoms with Gasteiger partial charge in [-0.25, -0.2) is 14.0 Å². The molecule has 1 amide bonds. The van der Waals surface area contributed by atoms with Crippen LogP contribution in [-0.4, -0.2) is 62.9 Å². The fourth-order valence-electron chi connectivity index (χ4n) is 3.20. The number of carboxylic acids is 1. The number of hydrogen-bond donors (Lipinski definition) is 2. The van der Waals surface area contributed by atoms with Crippen molar-refractivity contribution in [1.82, 2.24) is 15.2 Å². The van der Waals surface area contributed by atoms with Gasteiger partial charge in [0.15, 0.2) is 0 Å². The Bertz CT molecular complexity index is 1360. The van der Waals surface area contributed by atoms with Crippen LogP contribution in [0.5, 0.6) is 0 Å². The van der Waals surface area contributed by atoms with E-state index in [1.165, 1.54) is 30.2 Å². The molecule has 3 aromatic rings. The van der Waals surface area contributed by atoms with E-state index in [9.17, 15) is 27.2 Å². The number of nitrogens with two attached hydrogens (primary N) is 1. The van der Waals surface area contributed by atoms with Crippen LogP contribution in [0, 0.1) is 12.7 Å². The van der Waals surface area contributed by atoms with Gasteiger partial charge in [0.05, 0.1) is 5.69 Å². The molecule has 16 heteroatoms. The number of hydrogen-bond acceptors (Lipinski definition) is 10. The van der Waals surface area contributed by atoms with E-state index in [0.717, 1.165) is 0 Å². The first-order valence-corrected chi connectivity index (χ1v) is 11.0. The first-order valence-electron chi connectivity index (χ1n) is 11.0.